The van der Waals surface area contributed by atoms with E-state index in [0.717, 1.165) is 12.1 Å². The van der Waals surface area contributed by atoms with Gasteiger partial charge in [-0.25, -0.2) is 17.5 Å². The number of hydrogen-bond acceptors (Lipinski definition) is 5. The minimum Gasteiger partial charge on any atom is -0.398 e. The minimum absolute atomic E-state index is 0.183. The van der Waals surface area contributed by atoms with Crippen molar-refractivity contribution in [3.05, 3.63) is 23.5 Å². The Kier molecular flexibility index (Phi) is 5.68. The fourth-order valence-electron chi connectivity index (χ4n) is 1.61. The summed E-state index contributed by atoms with van der Waals surface area (Å²) in [4.78, 5) is -0.534. The van der Waals surface area contributed by atoms with Crippen molar-refractivity contribution in [2.45, 2.75) is 30.8 Å². The number of rotatable bonds is 7. The highest BCUT2D eigenvalue weighted by Crippen LogP contribution is 2.21. The number of methoxy groups -OCH3 is 1. The third-order valence-electron chi connectivity index (χ3n) is 3.10. The Morgan fingerprint density at radius 3 is 2.67 bits per heavy atom. The molecule has 120 valence electrons. The molecule has 0 heterocycles. The lowest BCUT2D eigenvalue weighted by Crippen LogP contribution is -2.41. The van der Waals surface area contributed by atoms with E-state index in [4.69, 9.17) is 10.5 Å². The molecule has 0 amide bonds. The maximum Gasteiger partial charge on any atom is 0.243 e. The number of ether oxygens (including phenoxy) is 1. The summed E-state index contributed by atoms with van der Waals surface area (Å²) in [5.41, 5.74) is 4.95. The van der Waals surface area contributed by atoms with Crippen LogP contribution in [0, 0.1) is 12.7 Å². The number of nitrogens with one attached hydrogen (secondary N) is 1. The van der Waals surface area contributed by atoms with Gasteiger partial charge in [-0.1, -0.05) is 0 Å². The van der Waals surface area contributed by atoms with Crippen LogP contribution in [0.1, 0.15) is 18.9 Å². The van der Waals surface area contributed by atoms with E-state index in [9.17, 15) is 17.9 Å². The van der Waals surface area contributed by atoms with Crippen molar-refractivity contribution in [3.63, 3.8) is 0 Å². The molecule has 0 bridgehead atoms. The summed E-state index contributed by atoms with van der Waals surface area (Å²) in [6.07, 6.45) is 0.241. The summed E-state index contributed by atoms with van der Waals surface area (Å²) in [7, 11) is -2.62. The first kappa shape index (κ1) is 17.8. The van der Waals surface area contributed by atoms with Gasteiger partial charge >= 0.3 is 0 Å². The normalized spacial score (nSPS) is 14.9. The van der Waals surface area contributed by atoms with Gasteiger partial charge in [0.1, 0.15) is 10.7 Å². The zero-order chi connectivity index (χ0) is 16.3. The Bertz CT molecular complexity index is 602. The second-order valence-electron chi connectivity index (χ2n) is 5.20. The van der Waals surface area contributed by atoms with E-state index in [1.807, 2.05) is 0 Å². The number of anilines is 1. The molecule has 1 aromatic rings. The average Bonchev–Trinajstić information content (AvgIpc) is 2.38. The maximum atomic E-state index is 13.8. The van der Waals surface area contributed by atoms with E-state index in [0.29, 0.717) is 5.56 Å². The molecule has 1 atom stereocenters. The molecule has 1 unspecified atom stereocenters. The predicted molar refractivity (Wildman–Crippen MR) is 77.9 cm³/mol. The number of aryl methyl sites for hydroxylation is 1. The second-order valence-corrected chi connectivity index (χ2v) is 6.94. The van der Waals surface area contributed by atoms with E-state index < -0.39 is 26.3 Å². The molecule has 0 aliphatic rings. The van der Waals surface area contributed by atoms with Crippen LogP contribution in [0.5, 0.6) is 0 Å². The van der Waals surface area contributed by atoms with Crippen molar-refractivity contribution in [3.8, 4) is 0 Å². The molecule has 0 aromatic heterocycles. The van der Waals surface area contributed by atoms with Crippen LogP contribution < -0.4 is 10.5 Å². The van der Waals surface area contributed by atoms with Gasteiger partial charge in [-0.3, -0.25) is 0 Å². The van der Waals surface area contributed by atoms with E-state index >= 15 is 0 Å². The zero-order valence-corrected chi connectivity index (χ0v) is 13.1. The molecule has 8 heteroatoms. The third-order valence-corrected chi connectivity index (χ3v) is 4.51. The van der Waals surface area contributed by atoms with Gasteiger partial charge in [-0.15, -0.1) is 0 Å². The molecule has 0 aliphatic heterocycles. The molecule has 0 saturated heterocycles. The molecule has 6 nitrogen and oxygen atoms in total. The number of aliphatic hydroxyl groups is 1. The highest BCUT2D eigenvalue weighted by Gasteiger charge is 2.26. The first-order chi connectivity index (χ1) is 9.59. The first-order valence-electron chi connectivity index (χ1n) is 6.36. The summed E-state index contributed by atoms with van der Waals surface area (Å²) < 4.78 is 45.0. The van der Waals surface area contributed by atoms with Crippen LogP contribution in [0.3, 0.4) is 0 Å². The van der Waals surface area contributed by atoms with Gasteiger partial charge in [0.25, 0.3) is 0 Å². The van der Waals surface area contributed by atoms with Crippen LogP contribution >= 0.6 is 0 Å². The molecule has 0 fully saturated rings. The van der Waals surface area contributed by atoms with Crippen LogP contribution in [-0.2, 0) is 14.8 Å². The van der Waals surface area contributed by atoms with Crippen LogP contribution in [0.2, 0.25) is 0 Å². The monoisotopic (exact) mass is 320 g/mol. The topological polar surface area (TPSA) is 102 Å². The van der Waals surface area contributed by atoms with Crippen molar-refractivity contribution in [1.29, 1.82) is 0 Å². The fourth-order valence-corrected chi connectivity index (χ4v) is 2.87. The van der Waals surface area contributed by atoms with Crippen molar-refractivity contribution >= 4 is 15.7 Å². The van der Waals surface area contributed by atoms with E-state index in [1.165, 1.54) is 14.0 Å². The lowest BCUT2D eigenvalue weighted by molar-refractivity contribution is 0.0292. The maximum absolute atomic E-state index is 13.8. The Labute approximate surface area is 124 Å². The van der Waals surface area contributed by atoms with Gasteiger partial charge in [0.15, 0.2) is 0 Å². The fraction of sp³-hybridized carbons (Fsp3) is 0.538. The van der Waals surface area contributed by atoms with Crippen molar-refractivity contribution < 1.29 is 22.7 Å². The SMILES string of the molecule is COCCC(C)(O)CNS(=O)(=O)c1cc(N)c(C)cc1F. The average molecular weight is 320 g/mol. The van der Waals surface area contributed by atoms with E-state index in [2.05, 4.69) is 4.72 Å². The van der Waals surface area contributed by atoms with Crippen molar-refractivity contribution in [2.24, 2.45) is 0 Å². The molecule has 0 aliphatic carbocycles. The van der Waals surface area contributed by atoms with Gasteiger partial charge in [0.2, 0.25) is 10.0 Å². The number of hydrogen-bond donors (Lipinski definition) is 3. The molecule has 21 heavy (non-hydrogen) atoms. The van der Waals surface area contributed by atoms with Gasteiger partial charge in [-0.2, -0.15) is 0 Å². The van der Waals surface area contributed by atoms with Gasteiger partial charge in [0.05, 0.1) is 5.60 Å². The zero-order valence-electron chi connectivity index (χ0n) is 12.3. The Morgan fingerprint density at radius 1 is 1.48 bits per heavy atom. The van der Waals surface area contributed by atoms with Gasteiger partial charge < -0.3 is 15.6 Å². The molecular formula is C13H21FN2O4S. The van der Waals surface area contributed by atoms with Crippen LogP contribution in [0.4, 0.5) is 10.1 Å². The molecule has 4 N–H and O–H groups in total. The van der Waals surface area contributed by atoms with Crippen LogP contribution in [-0.4, -0.2) is 39.4 Å². The van der Waals surface area contributed by atoms with Crippen LogP contribution in [0.15, 0.2) is 17.0 Å². The molecule has 0 spiro atoms. The quantitative estimate of drug-likeness (QED) is 0.645. The molecule has 1 aromatic carbocycles. The summed E-state index contributed by atoms with van der Waals surface area (Å²) in [5.74, 6) is -0.884. The highest BCUT2D eigenvalue weighted by atomic mass is 32.2. The Morgan fingerprint density at radius 2 is 2.10 bits per heavy atom. The largest absolute Gasteiger partial charge is 0.398 e. The first-order valence-corrected chi connectivity index (χ1v) is 7.84. The van der Waals surface area contributed by atoms with Crippen molar-refractivity contribution in [2.75, 3.05) is 26.0 Å². The highest BCUT2D eigenvalue weighted by molar-refractivity contribution is 7.89. The molecule has 1 rings (SSSR count). The lowest BCUT2D eigenvalue weighted by Gasteiger charge is -2.23. The molecule has 0 radical (unpaired) electrons. The number of sulfonamides is 1. The van der Waals surface area contributed by atoms with Gasteiger partial charge in [-0.05, 0) is 31.5 Å². The predicted octanol–water partition coefficient (Wildman–Crippen LogP) is 0.782. The summed E-state index contributed by atoms with van der Waals surface area (Å²) in [5, 5.41) is 10.00. The molecule has 0 saturated carbocycles. The summed E-state index contributed by atoms with van der Waals surface area (Å²) in [6.45, 7) is 3.07. The number of nitrogens with two attached hydrogens (primary N) is 1. The number of nitrogen functional groups attached to an aromatic ring is 1. The Balaban J connectivity index is 2.90. The smallest absolute Gasteiger partial charge is 0.243 e. The number of halogens is 1. The second kappa shape index (κ2) is 6.69. The standard InChI is InChI=1S/C13H21FN2O4S/c1-9-6-10(14)12(7-11(9)15)21(18,19)16-8-13(2,17)4-5-20-3/h6-7,16-17H,4-5,8,15H2,1-3H3. The van der Waals surface area contributed by atoms with Crippen LogP contribution in [0.25, 0.3) is 0 Å². The third kappa shape index (κ3) is 4.92. The summed E-state index contributed by atoms with van der Waals surface area (Å²) in [6, 6.07) is 2.13. The van der Waals surface area contributed by atoms with Gasteiger partial charge in [0, 0.05) is 32.4 Å². The number of benzene rings is 1. The van der Waals surface area contributed by atoms with E-state index in [1.54, 1.807) is 6.92 Å². The molecular weight excluding hydrogens is 299 g/mol. The minimum atomic E-state index is -4.09. The summed E-state index contributed by atoms with van der Waals surface area (Å²) >= 11 is 0. The van der Waals surface area contributed by atoms with Crippen molar-refractivity contribution in [1.82, 2.24) is 4.72 Å². The lowest BCUT2D eigenvalue weighted by atomic mass is 10.0. The van der Waals surface area contributed by atoms with E-state index in [-0.39, 0.29) is 25.3 Å². The Hall–Kier alpha value is -1.22.